The Morgan fingerprint density at radius 3 is 2.15 bits per heavy atom. The molecule has 3 unspecified atom stereocenters. The summed E-state index contributed by atoms with van der Waals surface area (Å²) in [6.45, 7) is 8.72. The summed E-state index contributed by atoms with van der Waals surface area (Å²) in [7, 11) is 2.17. The molecular formula is C24H31ClN2. The van der Waals surface area contributed by atoms with Crippen LogP contribution in [0.25, 0.3) is 0 Å². The van der Waals surface area contributed by atoms with Gasteiger partial charge in [0.1, 0.15) is 0 Å². The third-order valence-corrected chi connectivity index (χ3v) is 6.41. The van der Waals surface area contributed by atoms with Crippen molar-refractivity contribution in [3.05, 3.63) is 70.7 Å². The molecule has 0 aromatic heterocycles. The largest absolute Gasteiger partial charge is 0.297 e. The zero-order valence-electron chi connectivity index (χ0n) is 17.1. The van der Waals surface area contributed by atoms with Crippen molar-refractivity contribution in [1.82, 2.24) is 4.90 Å². The molecule has 27 heavy (non-hydrogen) atoms. The highest BCUT2D eigenvalue weighted by Crippen LogP contribution is 2.40. The highest BCUT2D eigenvalue weighted by Gasteiger charge is 2.38. The fourth-order valence-electron chi connectivity index (χ4n) is 3.79. The van der Waals surface area contributed by atoms with Crippen LogP contribution in [-0.4, -0.2) is 18.0 Å². The van der Waals surface area contributed by atoms with Crippen molar-refractivity contribution in [3.8, 4) is 6.07 Å². The topological polar surface area (TPSA) is 27.0 Å². The average Bonchev–Trinajstić information content (AvgIpc) is 2.69. The molecule has 0 spiro atoms. The molecule has 2 rings (SSSR count). The monoisotopic (exact) mass is 382 g/mol. The number of halogens is 1. The number of benzene rings is 2. The number of hydrogen-bond donors (Lipinski definition) is 0. The summed E-state index contributed by atoms with van der Waals surface area (Å²) in [6, 6.07) is 21.7. The summed E-state index contributed by atoms with van der Waals surface area (Å²) in [6.07, 6.45) is 1.72. The Morgan fingerprint density at radius 2 is 1.59 bits per heavy atom. The SMILES string of the molecule is CC(CCC(C#N)(c1ccccc1Cl)C(C)C)N(C)C(C)c1ccccc1. The summed E-state index contributed by atoms with van der Waals surface area (Å²) in [5, 5.41) is 10.8. The molecule has 0 radical (unpaired) electrons. The molecule has 2 aromatic carbocycles. The molecule has 0 aliphatic heterocycles. The minimum atomic E-state index is -0.566. The van der Waals surface area contributed by atoms with Crippen molar-refractivity contribution in [3.63, 3.8) is 0 Å². The summed E-state index contributed by atoms with van der Waals surface area (Å²) >= 11 is 6.48. The average molecular weight is 383 g/mol. The Bertz CT molecular complexity index is 765. The lowest BCUT2D eigenvalue weighted by Gasteiger charge is -2.36. The van der Waals surface area contributed by atoms with E-state index >= 15 is 0 Å². The molecule has 0 amide bonds. The van der Waals surface area contributed by atoms with Gasteiger partial charge in [0, 0.05) is 17.1 Å². The first-order chi connectivity index (χ1) is 12.8. The van der Waals surface area contributed by atoms with E-state index in [-0.39, 0.29) is 5.92 Å². The lowest BCUT2D eigenvalue weighted by atomic mass is 9.69. The third kappa shape index (κ3) is 4.72. The Labute approximate surface area is 169 Å². The van der Waals surface area contributed by atoms with E-state index in [2.05, 4.69) is 70.0 Å². The summed E-state index contributed by atoms with van der Waals surface area (Å²) in [5.74, 6) is 0.187. The highest BCUT2D eigenvalue weighted by atomic mass is 35.5. The van der Waals surface area contributed by atoms with E-state index in [0.717, 1.165) is 18.4 Å². The van der Waals surface area contributed by atoms with Gasteiger partial charge in [0.15, 0.2) is 0 Å². The Kier molecular flexibility index (Phi) is 7.48. The third-order valence-electron chi connectivity index (χ3n) is 6.08. The maximum absolute atomic E-state index is 10.1. The fourth-order valence-corrected chi connectivity index (χ4v) is 4.10. The molecule has 0 bridgehead atoms. The number of nitriles is 1. The first-order valence-corrected chi connectivity index (χ1v) is 10.1. The van der Waals surface area contributed by atoms with Crippen molar-refractivity contribution in [2.24, 2.45) is 5.92 Å². The first kappa shape index (κ1) is 21.5. The first-order valence-electron chi connectivity index (χ1n) is 9.76. The van der Waals surface area contributed by atoms with Crippen molar-refractivity contribution >= 4 is 11.6 Å². The van der Waals surface area contributed by atoms with Crippen LogP contribution < -0.4 is 0 Å². The predicted octanol–water partition coefficient (Wildman–Crippen LogP) is 6.62. The quantitative estimate of drug-likeness (QED) is 0.513. The molecule has 0 aliphatic rings. The second kappa shape index (κ2) is 9.40. The van der Waals surface area contributed by atoms with Crippen LogP contribution in [0.4, 0.5) is 0 Å². The number of nitrogens with zero attached hydrogens (tertiary/aromatic N) is 2. The van der Waals surface area contributed by atoms with Crippen LogP contribution in [0.1, 0.15) is 57.7 Å². The summed E-state index contributed by atoms with van der Waals surface area (Å²) in [4.78, 5) is 2.39. The van der Waals surface area contributed by atoms with Gasteiger partial charge in [-0.2, -0.15) is 5.26 Å². The van der Waals surface area contributed by atoms with Crippen LogP contribution in [0.3, 0.4) is 0 Å². The normalized spacial score (nSPS) is 16.0. The molecule has 3 heteroatoms. The van der Waals surface area contributed by atoms with Gasteiger partial charge in [0.25, 0.3) is 0 Å². The zero-order valence-corrected chi connectivity index (χ0v) is 17.9. The Morgan fingerprint density at radius 1 is 1.00 bits per heavy atom. The van der Waals surface area contributed by atoms with E-state index in [4.69, 9.17) is 11.6 Å². The standard InChI is InChI=1S/C24H31ClN2/c1-18(2)24(17-26,22-13-9-10-14-23(22)25)16-15-19(3)27(5)20(4)21-11-7-6-8-12-21/h6-14,18-20H,15-16H2,1-5H3. The van der Waals surface area contributed by atoms with Crippen LogP contribution in [0.15, 0.2) is 54.6 Å². The molecule has 0 saturated carbocycles. The smallest absolute Gasteiger partial charge is 0.0860 e. The van der Waals surface area contributed by atoms with E-state index in [1.165, 1.54) is 5.56 Å². The maximum atomic E-state index is 10.1. The molecule has 0 aliphatic carbocycles. The van der Waals surface area contributed by atoms with E-state index in [1.807, 2.05) is 30.3 Å². The van der Waals surface area contributed by atoms with Crippen molar-refractivity contribution in [2.75, 3.05) is 7.05 Å². The van der Waals surface area contributed by atoms with Crippen LogP contribution in [-0.2, 0) is 5.41 Å². The Hall–Kier alpha value is -1.82. The number of hydrogen-bond acceptors (Lipinski definition) is 2. The maximum Gasteiger partial charge on any atom is 0.0860 e. The second-order valence-corrected chi connectivity index (χ2v) is 8.26. The molecule has 0 saturated heterocycles. The minimum Gasteiger partial charge on any atom is -0.297 e. The molecule has 0 N–H and O–H groups in total. The fraction of sp³-hybridized carbons (Fsp3) is 0.458. The van der Waals surface area contributed by atoms with Crippen LogP contribution in [0.2, 0.25) is 5.02 Å². The molecule has 3 atom stereocenters. The van der Waals surface area contributed by atoms with Crippen LogP contribution in [0, 0.1) is 17.2 Å². The van der Waals surface area contributed by atoms with Crippen molar-refractivity contribution < 1.29 is 0 Å². The van der Waals surface area contributed by atoms with Gasteiger partial charge in [-0.15, -0.1) is 0 Å². The zero-order chi connectivity index (χ0) is 20.0. The van der Waals surface area contributed by atoms with Gasteiger partial charge in [0.05, 0.1) is 11.5 Å². The summed E-state index contributed by atoms with van der Waals surface area (Å²) in [5.41, 5.74) is 1.70. The van der Waals surface area contributed by atoms with E-state index in [9.17, 15) is 5.26 Å². The number of rotatable bonds is 8. The molecule has 2 nitrogen and oxygen atoms in total. The van der Waals surface area contributed by atoms with Crippen molar-refractivity contribution in [2.45, 2.75) is 58.0 Å². The summed E-state index contributed by atoms with van der Waals surface area (Å²) < 4.78 is 0. The van der Waals surface area contributed by atoms with E-state index < -0.39 is 5.41 Å². The van der Waals surface area contributed by atoms with Gasteiger partial charge in [-0.1, -0.05) is 74.0 Å². The minimum absolute atomic E-state index is 0.187. The van der Waals surface area contributed by atoms with Gasteiger partial charge >= 0.3 is 0 Å². The lowest BCUT2D eigenvalue weighted by molar-refractivity contribution is 0.175. The van der Waals surface area contributed by atoms with Gasteiger partial charge in [-0.25, -0.2) is 0 Å². The lowest BCUT2D eigenvalue weighted by Crippen LogP contribution is -2.36. The molecular weight excluding hydrogens is 352 g/mol. The van der Waals surface area contributed by atoms with Gasteiger partial charge in [0.2, 0.25) is 0 Å². The van der Waals surface area contributed by atoms with Crippen LogP contribution >= 0.6 is 11.6 Å². The molecule has 144 valence electrons. The Balaban J connectivity index is 2.18. The van der Waals surface area contributed by atoms with E-state index in [0.29, 0.717) is 17.1 Å². The molecule has 2 aromatic rings. The molecule has 0 heterocycles. The van der Waals surface area contributed by atoms with Gasteiger partial charge < -0.3 is 0 Å². The van der Waals surface area contributed by atoms with E-state index in [1.54, 1.807) is 0 Å². The predicted molar refractivity (Wildman–Crippen MR) is 115 cm³/mol. The second-order valence-electron chi connectivity index (χ2n) is 7.86. The highest BCUT2D eigenvalue weighted by molar-refractivity contribution is 6.31. The van der Waals surface area contributed by atoms with Gasteiger partial charge in [-0.3, -0.25) is 4.90 Å². The van der Waals surface area contributed by atoms with Crippen LogP contribution in [0.5, 0.6) is 0 Å². The van der Waals surface area contributed by atoms with Gasteiger partial charge in [-0.05, 0) is 56.8 Å². The molecule has 0 fully saturated rings. The van der Waals surface area contributed by atoms with Crippen molar-refractivity contribution in [1.29, 1.82) is 5.26 Å².